The Labute approximate surface area is 206 Å². The maximum absolute atomic E-state index is 12.9. The van der Waals surface area contributed by atoms with Gasteiger partial charge in [0.2, 0.25) is 15.8 Å². The van der Waals surface area contributed by atoms with E-state index in [1.807, 2.05) is 30.3 Å². The van der Waals surface area contributed by atoms with Crippen LogP contribution in [0.2, 0.25) is 0 Å². The van der Waals surface area contributed by atoms with Gasteiger partial charge in [-0.15, -0.1) is 0 Å². The van der Waals surface area contributed by atoms with Crippen molar-refractivity contribution in [3.05, 3.63) is 83.4 Å². The first-order valence-electron chi connectivity index (χ1n) is 11.1. The Hall–Kier alpha value is -3.56. The van der Waals surface area contributed by atoms with Crippen LogP contribution in [0.5, 0.6) is 17.2 Å². The Morgan fingerprint density at radius 3 is 2.11 bits per heavy atom. The molecular weight excluding hydrogens is 468 g/mol. The average Bonchev–Trinajstić information content (AvgIpc) is 2.85. The maximum Gasteiger partial charge on any atom is 0.251 e. The van der Waals surface area contributed by atoms with E-state index in [1.54, 1.807) is 38.1 Å². The number of methoxy groups -OCH3 is 2. The van der Waals surface area contributed by atoms with Gasteiger partial charge >= 0.3 is 0 Å². The number of sulfonamides is 1. The van der Waals surface area contributed by atoms with Crippen LogP contribution < -0.4 is 24.2 Å². The van der Waals surface area contributed by atoms with Crippen molar-refractivity contribution >= 4 is 15.9 Å². The molecule has 0 fully saturated rings. The number of carbonyl (C=O) groups is 1. The fourth-order valence-corrected chi connectivity index (χ4v) is 4.69. The molecule has 3 rings (SSSR count). The van der Waals surface area contributed by atoms with Crippen molar-refractivity contribution in [2.45, 2.75) is 37.9 Å². The third kappa shape index (κ3) is 6.97. The van der Waals surface area contributed by atoms with Gasteiger partial charge in [0, 0.05) is 18.2 Å². The molecule has 0 saturated heterocycles. The van der Waals surface area contributed by atoms with Gasteiger partial charge in [-0.1, -0.05) is 42.5 Å². The topological polar surface area (TPSA) is 103 Å². The minimum Gasteiger partial charge on any atom is -0.493 e. The zero-order chi connectivity index (χ0) is 25.4. The van der Waals surface area contributed by atoms with Crippen molar-refractivity contribution in [2.75, 3.05) is 14.2 Å². The van der Waals surface area contributed by atoms with E-state index in [0.717, 1.165) is 5.56 Å². The van der Waals surface area contributed by atoms with Crippen LogP contribution in [0.15, 0.2) is 71.6 Å². The molecule has 0 unspecified atom stereocenters. The molecule has 0 spiro atoms. The zero-order valence-corrected chi connectivity index (χ0v) is 21.0. The van der Waals surface area contributed by atoms with E-state index in [9.17, 15) is 13.2 Å². The van der Waals surface area contributed by atoms with E-state index in [4.69, 9.17) is 14.2 Å². The molecule has 3 aromatic rings. The van der Waals surface area contributed by atoms with Crippen molar-refractivity contribution in [1.82, 2.24) is 10.0 Å². The van der Waals surface area contributed by atoms with Crippen molar-refractivity contribution in [2.24, 2.45) is 0 Å². The van der Waals surface area contributed by atoms with Crippen LogP contribution in [0.4, 0.5) is 0 Å². The molecule has 0 aliphatic heterocycles. The SMILES string of the molecule is COc1cc(C(=O)NCc2cccc(S(=O)(=O)NC(C)C)c2)cc(OC)c1OCc1ccccc1. The number of nitrogens with one attached hydrogen (secondary N) is 2. The molecule has 0 bridgehead atoms. The molecule has 35 heavy (non-hydrogen) atoms. The lowest BCUT2D eigenvalue weighted by atomic mass is 10.1. The second-order valence-corrected chi connectivity index (χ2v) is 9.80. The molecule has 0 aliphatic rings. The zero-order valence-electron chi connectivity index (χ0n) is 20.2. The second kappa shape index (κ2) is 11.7. The summed E-state index contributed by atoms with van der Waals surface area (Å²) in [5.74, 6) is 0.743. The van der Waals surface area contributed by atoms with Crippen LogP contribution >= 0.6 is 0 Å². The molecule has 0 heterocycles. The highest BCUT2D eigenvalue weighted by atomic mass is 32.2. The number of rotatable bonds is 11. The second-order valence-electron chi connectivity index (χ2n) is 8.09. The first-order chi connectivity index (χ1) is 16.7. The van der Waals surface area contributed by atoms with Crippen LogP contribution in [0, 0.1) is 0 Å². The Bertz CT molecular complexity index is 1230. The Morgan fingerprint density at radius 2 is 1.51 bits per heavy atom. The summed E-state index contributed by atoms with van der Waals surface area (Å²) < 4.78 is 44.3. The summed E-state index contributed by atoms with van der Waals surface area (Å²) >= 11 is 0. The minimum atomic E-state index is -3.63. The lowest BCUT2D eigenvalue weighted by Gasteiger charge is -2.16. The lowest BCUT2D eigenvalue weighted by molar-refractivity contribution is 0.0950. The smallest absolute Gasteiger partial charge is 0.251 e. The highest BCUT2D eigenvalue weighted by Gasteiger charge is 2.19. The minimum absolute atomic E-state index is 0.140. The molecule has 9 heteroatoms. The number of carbonyl (C=O) groups excluding carboxylic acids is 1. The number of benzene rings is 3. The largest absolute Gasteiger partial charge is 0.493 e. The quantitative estimate of drug-likeness (QED) is 0.416. The lowest BCUT2D eigenvalue weighted by Crippen LogP contribution is -2.30. The molecule has 0 aliphatic carbocycles. The number of hydrogen-bond acceptors (Lipinski definition) is 6. The van der Waals surface area contributed by atoms with Gasteiger partial charge in [0.05, 0.1) is 19.1 Å². The first-order valence-corrected chi connectivity index (χ1v) is 12.5. The molecule has 2 N–H and O–H groups in total. The van der Waals surface area contributed by atoms with Gasteiger partial charge in [-0.25, -0.2) is 13.1 Å². The Kier molecular flexibility index (Phi) is 8.73. The highest BCUT2D eigenvalue weighted by Crippen LogP contribution is 2.39. The predicted octanol–water partition coefficient (Wildman–Crippen LogP) is 3.90. The van der Waals surface area contributed by atoms with E-state index >= 15 is 0 Å². The number of hydrogen-bond donors (Lipinski definition) is 2. The summed E-state index contributed by atoms with van der Waals surface area (Å²) in [5.41, 5.74) is 1.94. The van der Waals surface area contributed by atoms with Crippen molar-refractivity contribution in [3.63, 3.8) is 0 Å². The van der Waals surface area contributed by atoms with Crippen molar-refractivity contribution in [1.29, 1.82) is 0 Å². The van der Waals surface area contributed by atoms with Crippen LogP contribution in [-0.2, 0) is 23.2 Å². The third-order valence-electron chi connectivity index (χ3n) is 5.00. The molecule has 186 valence electrons. The summed E-state index contributed by atoms with van der Waals surface area (Å²) in [6.07, 6.45) is 0. The maximum atomic E-state index is 12.9. The van der Waals surface area contributed by atoms with E-state index in [2.05, 4.69) is 10.0 Å². The molecule has 0 saturated carbocycles. The standard InChI is InChI=1S/C26H30N2O6S/c1-18(2)28-35(30,31)22-12-8-11-20(13-22)16-27-26(29)21-14-23(32-3)25(24(15-21)33-4)34-17-19-9-6-5-7-10-19/h5-15,18,28H,16-17H2,1-4H3,(H,27,29). The van der Waals surface area contributed by atoms with E-state index in [1.165, 1.54) is 26.4 Å². The normalized spacial score (nSPS) is 11.2. The summed E-state index contributed by atoms with van der Waals surface area (Å²) in [5, 5.41) is 2.81. The Morgan fingerprint density at radius 1 is 0.886 bits per heavy atom. The van der Waals surface area contributed by atoms with Crippen LogP contribution in [0.1, 0.15) is 35.3 Å². The number of amides is 1. The number of ether oxygens (including phenoxy) is 3. The summed E-state index contributed by atoms with van der Waals surface area (Å²) in [7, 11) is -0.653. The molecule has 0 atom stereocenters. The van der Waals surface area contributed by atoms with Gasteiger partial charge < -0.3 is 19.5 Å². The first kappa shape index (κ1) is 26.1. The van der Waals surface area contributed by atoms with E-state index in [0.29, 0.717) is 35.0 Å². The van der Waals surface area contributed by atoms with E-state index in [-0.39, 0.29) is 23.4 Å². The van der Waals surface area contributed by atoms with Gasteiger partial charge in [0.1, 0.15) is 6.61 Å². The molecule has 0 radical (unpaired) electrons. The van der Waals surface area contributed by atoms with Gasteiger partial charge in [0.15, 0.2) is 11.5 Å². The molecule has 1 amide bonds. The fourth-order valence-electron chi connectivity index (χ4n) is 3.37. The average molecular weight is 499 g/mol. The summed E-state index contributed by atoms with van der Waals surface area (Å²) in [6, 6.07) is 19.0. The van der Waals surface area contributed by atoms with Gasteiger partial charge in [0.25, 0.3) is 5.91 Å². The van der Waals surface area contributed by atoms with Gasteiger partial charge in [-0.05, 0) is 49.2 Å². The van der Waals surface area contributed by atoms with Crippen molar-refractivity contribution in [3.8, 4) is 17.2 Å². The van der Waals surface area contributed by atoms with Crippen LogP contribution in [-0.4, -0.2) is 34.6 Å². The van der Waals surface area contributed by atoms with Crippen LogP contribution in [0.3, 0.4) is 0 Å². The highest BCUT2D eigenvalue weighted by molar-refractivity contribution is 7.89. The molecule has 8 nitrogen and oxygen atoms in total. The van der Waals surface area contributed by atoms with Crippen LogP contribution in [0.25, 0.3) is 0 Å². The Balaban J connectivity index is 1.74. The molecular formula is C26H30N2O6S. The third-order valence-corrected chi connectivity index (χ3v) is 6.66. The molecule has 0 aromatic heterocycles. The van der Waals surface area contributed by atoms with E-state index < -0.39 is 10.0 Å². The monoisotopic (exact) mass is 498 g/mol. The predicted molar refractivity (Wildman–Crippen MR) is 133 cm³/mol. The fraction of sp³-hybridized carbons (Fsp3) is 0.269. The molecule has 3 aromatic carbocycles. The summed E-state index contributed by atoms with van der Waals surface area (Å²) in [6.45, 7) is 3.95. The summed E-state index contributed by atoms with van der Waals surface area (Å²) in [4.78, 5) is 13.0. The van der Waals surface area contributed by atoms with Crippen molar-refractivity contribution < 1.29 is 27.4 Å². The van der Waals surface area contributed by atoms with Gasteiger partial charge in [-0.3, -0.25) is 4.79 Å². The van der Waals surface area contributed by atoms with Gasteiger partial charge in [-0.2, -0.15) is 0 Å².